The van der Waals surface area contributed by atoms with Crippen molar-refractivity contribution in [3.63, 3.8) is 0 Å². The predicted octanol–water partition coefficient (Wildman–Crippen LogP) is 1.95. The van der Waals surface area contributed by atoms with Crippen LogP contribution >= 0.6 is 0 Å². The third kappa shape index (κ3) is 2.67. The summed E-state index contributed by atoms with van der Waals surface area (Å²) in [7, 11) is 0. The average Bonchev–Trinajstić information content (AvgIpc) is 2.34. The van der Waals surface area contributed by atoms with E-state index in [1.807, 2.05) is 0 Å². The van der Waals surface area contributed by atoms with Gasteiger partial charge >= 0.3 is 0 Å². The number of halogens is 1. The molecule has 0 saturated carbocycles. The molecule has 6 heteroatoms. The largest absolute Gasteiger partial charge is 0.324 e. The number of nitrogens with zero attached hydrogens (tertiary/aromatic N) is 2. The van der Waals surface area contributed by atoms with Gasteiger partial charge in [-0.2, -0.15) is 4.98 Å². The van der Waals surface area contributed by atoms with Gasteiger partial charge in [-0.3, -0.25) is 0 Å². The number of anilines is 3. The molecule has 17 heavy (non-hydrogen) atoms. The number of hydrogen-bond donors (Lipinski definition) is 3. The maximum Gasteiger partial charge on any atom is 0.229 e. The van der Waals surface area contributed by atoms with Gasteiger partial charge in [0.25, 0.3) is 0 Å². The van der Waals surface area contributed by atoms with Crippen LogP contribution in [0.1, 0.15) is 5.56 Å². The summed E-state index contributed by atoms with van der Waals surface area (Å²) in [6.45, 7) is 1.70. The summed E-state index contributed by atoms with van der Waals surface area (Å²) < 4.78 is 13.3. The number of hydrazine groups is 1. The van der Waals surface area contributed by atoms with E-state index in [4.69, 9.17) is 5.84 Å². The second kappa shape index (κ2) is 4.75. The molecule has 4 N–H and O–H groups in total. The first kappa shape index (κ1) is 11.3. The molecule has 0 aliphatic rings. The highest BCUT2D eigenvalue weighted by Crippen LogP contribution is 2.17. The summed E-state index contributed by atoms with van der Waals surface area (Å²) in [5.41, 5.74) is 3.59. The molecule has 2 aromatic rings. The van der Waals surface area contributed by atoms with Gasteiger partial charge in [0.2, 0.25) is 5.95 Å². The molecule has 0 atom stereocenters. The van der Waals surface area contributed by atoms with E-state index in [1.165, 1.54) is 6.07 Å². The molecule has 0 fully saturated rings. The van der Waals surface area contributed by atoms with Gasteiger partial charge in [-0.25, -0.2) is 15.2 Å². The fourth-order valence-electron chi connectivity index (χ4n) is 1.30. The van der Waals surface area contributed by atoms with Crippen LogP contribution in [0.3, 0.4) is 0 Å². The molecule has 0 aliphatic carbocycles. The molecule has 0 bridgehead atoms. The van der Waals surface area contributed by atoms with Gasteiger partial charge in [-0.05, 0) is 24.6 Å². The van der Waals surface area contributed by atoms with E-state index < -0.39 is 0 Å². The lowest BCUT2D eigenvalue weighted by Crippen LogP contribution is -2.09. The van der Waals surface area contributed by atoms with Gasteiger partial charge < -0.3 is 10.7 Å². The number of rotatable bonds is 3. The summed E-state index contributed by atoms with van der Waals surface area (Å²) in [6, 6.07) is 6.45. The van der Waals surface area contributed by atoms with Crippen molar-refractivity contribution in [1.82, 2.24) is 9.97 Å². The number of benzene rings is 1. The monoisotopic (exact) mass is 233 g/mol. The number of nitrogens with one attached hydrogen (secondary N) is 2. The summed E-state index contributed by atoms with van der Waals surface area (Å²) in [5, 5.41) is 2.89. The number of nitrogens with two attached hydrogens (primary N) is 1. The first-order chi connectivity index (χ1) is 8.19. The van der Waals surface area contributed by atoms with Gasteiger partial charge in [0, 0.05) is 18.0 Å². The van der Waals surface area contributed by atoms with Crippen molar-refractivity contribution in [3.8, 4) is 0 Å². The van der Waals surface area contributed by atoms with E-state index in [1.54, 1.807) is 31.3 Å². The van der Waals surface area contributed by atoms with E-state index in [9.17, 15) is 4.39 Å². The van der Waals surface area contributed by atoms with Crippen molar-refractivity contribution in [2.45, 2.75) is 6.92 Å². The molecule has 5 nitrogen and oxygen atoms in total. The van der Waals surface area contributed by atoms with Crippen LogP contribution in [0.25, 0.3) is 0 Å². The molecule has 0 aliphatic heterocycles. The van der Waals surface area contributed by atoms with E-state index >= 15 is 0 Å². The van der Waals surface area contributed by atoms with E-state index in [2.05, 4.69) is 20.7 Å². The van der Waals surface area contributed by atoms with E-state index in [0.29, 0.717) is 23.0 Å². The maximum atomic E-state index is 13.3. The van der Waals surface area contributed by atoms with Crippen LogP contribution in [0, 0.1) is 12.7 Å². The Kier molecular flexibility index (Phi) is 3.15. The molecular formula is C11H12FN5. The average molecular weight is 233 g/mol. The molecule has 0 unspecified atom stereocenters. The Morgan fingerprint density at radius 2 is 2.12 bits per heavy atom. The standard InChI is InChI=1S/C11H12FN5/c1-7-2-3-8(6-9(7)12)15-11-14-5-4-10(16-11)17-13/h2-6H,13H2,1H3,(H2,14,15,16,17). The van der Waals surface area contributed by atoms with Gasteiger partial charge in [0.05, 0.1) is 0 Å². The first-order valence-corrected chi connectivity index (χ1v) is 5.02. The summed E-state index contributed by atoms with van der Waals surface area (Å²) >= 11 is 0. The van der Waals surface area contributed by atoms with Gasteiger partial charge in [-0.15, -0.1) is 0 Å². The number of nitrogen functional groups attached to an aromatic ring is 1. The Hall–Kier alpha value is -2.21. The third-order valence-corrected chi connectivity index (χ3v) is 2.23. The lowest BCUT2D eigenvalue weighted by atomic mass is 10.2. The van der Waals surface area contributed by atoms with Crippen LogP contribution in [0.4, 0.5) is 21.8 Å². The van der Waals surface area contributed by atoms with Crippen molar-refractivity contribution in [2.75, 3.05) is 10.7 Å². The lowest BCUT2D eigenvalue weighted by Gasteiger charge is -2.06. The Morgan fingerprint density at radius 3 is 2.82 bits per heavy atom. The Bertz CT molecular complexity index is 529. The minimum absolute atomic E-state index is 0.275. The molecule has 88 valence electrons. The molecule has 0 saturated heterocycles. The smallest absolute Gasteiger partial charge is 0.229 e. The second-order valence-electron chi connectivity index (χ2n) is 3.50. The Morgan fingerprint density at radius 1 is 1.29 bits per heavy atom. The molecule has 1 aromatic carbocycles. The number of hydrogen-bond acceptors (Lipinski definition) is 5. The highest BCUT2D eigenvalue weighted by Gasteiger charge is 2.02. The van der Waals surface area contributed by atoms with Gasteiger partial charge in [0.15, 0.2) is 0 Å². The van der Waals surface area contributed by atoms with Crippen LogP contribution in [0.15, 0.2) is 30.5 Å². The summed E-state index contributed by atoms with van der Waals surface area (Å²) in [5.74, 6) is 5.79. The van der Waals surface area contributed by atoms with Crippen molar-refractivity contribution in [2.24, 2.45) is 5.84 Å². The summed E-state index contributed by atoms with van der Waals surface area (Å²) in [6.07, 6.45) is 1.55. The third-order valence-electron chi connectivity index (χ3n) is 2.23. The highest BCUT2D eigenvalue weighted by molar-refractivity contribution is 5.55. The fourth-order valence-corrected chi connectivity index (χ4v) is 1.30. The van der Waals surface area contributed by atoms with E-state index in [-0.39, 0.29) is 5.82 Å². The normalized spacial score (nSPS) is 10.1. The zero-order valence-corrected chi connectivity index (χ0v) is 9.24. The second-order valence-corrected chi connectivity index (χ2v) is 3.50. The Labute approximate surface area is 97.9 Å². The fraction of sp³-hybridized carbons (Fsp3) is 0.0909. The Balaban J connectivity index is 2.22. The number of aryl methyl sites for hydroxylation is 1. The van der Waals surface area contributed by atoms with E-state index in [0.717, 1.165) is 0 Å². The van der Waals surface area contributed by atoms with Crippen molar-refractivity contribution in [1.29, 1.82) is 0 Å². The minimum atomic E-state index is -0.275. The van der Waals surface area contributed by atoms with Crippen molar-refractivity contribution < 1.29 is 4.39 Å². The molecule has 2 rings (SSSR count). The van der Waals surface area contributed by atoms with Crippen LogP contribution in [0.2, 0.25) is 0 Å². The van der Waals surface area contributed by atoms with Crippen molar-refractivity contribution >= 4 is 17.5 Å². The number of aromatic nitrogens is 2. The topological polar surface area (TPSA) is 75.9 Å². The summed E-state index contributed by atoms with van der Waals surface area (Å²) in [4.78, 5) is 8.05. The van der Waals surface area contributed by atoms with Crippen LogP contribution in [0.5, 0.6) is 0 Å². The van der Waals surface area contributed by atoms with Gasteiger partial charge in [0.1, 0.15) is 11.6 Å². The van der Waals surface area contributed by atoms with Crippen LogP contribution in [-0.4, -0.2) is 9.97 Å². The zero-order valence-electron chi connectivity index (χ0n) is 9.24. The molecule has 0 radical (unpaired) electrons. The molecule has 1 heterocycles. The predicted molar refractivity (Wildman–Crippen MR) is 64.3 cm³/mol. The molecule has 0 amide bonds. The molecule has 1 aromatic heterocycles. The van der Waals surface area contributed by atoms with Gasteiger partial charge in [-0.1, -0.05) is 6.07 Å². The van der Waals surface area contributed by atoms with Crippen molar-refractivity contribution in [3.05, 3.63) is 41.8 Å². The molecular weight excluding hydrogens is 221 g/mol. The minimum Gasteiger partial charge on any atom is -0.324 e. The first-order valence-electron chi connectivity index (χ1n) is 5.02. The molecule has 0 spiro atoms. The SMILES string of the molecule is Cc1ccc(Nc2nccc(NN)n2)cc1F. The highest BCUT2D eigenvalue weighted by atomic mass is 19.1. The van der Waals surface area contributed by atoms with Crippen LogP contribution < -0.4 is 16.6 Å². The maximum absolute atomic E-state index is 13.3. The lowest BCUT2D eigenvalue weighted by molar-refractivity contribution is 0.619. The quantitative estimate of drug-likeness (QED) is 0.558. The van der Waals surface area contributed by atoms with Crippen LogP contribution in [-0.2, 0) is 0 Å². The zero-order chi connectivity index (χ0) is 12.3.